The standard InChI is InChI=1S/C51H82O23/c1-21(18-67-45-41(64)37(60)35(58)32(17-52)71-45)6-9-29(54)22(2)33-30(55)15-28-26-8-7-24-14-25(10-12-49(24,4)27(26)11-13-50(28,33)5)70-48-43(72-47-42(65)38(61)39(62)44(66)73-47)31(56)16-51(19-53,74-48)20-68-46-40(63)36(59)34(57)23(3)69-46/h7,21-23,25-28,31-48,52-53,56-66H,6,8-20H2,1-5H3. The van der Waals surface area contributed by atoms with Gasteiger partial charge in [-0.2, -0.15) is 0 Å². The second-order valence-corrected chi connectivity index (χ2v) is 23.4. The van der Waals surface area contributed by atoms with E-state index in [1.807, 2.05) is 13.8 Å². The molecule has 4 aliphatic heterocycles. The average Bonchev–Trinajstić information content (AvgIpc) is 3.65. The summed E-state index contributed by atoms with van der Waals surface area (Å²) in [6.45, 7) is 7.89. The van der Waals surface area contributed by atoms with E-state index in [9.17, 15) is 76.0 Å². The lowest BCUT2D eigenvalue weighted by Gasteiger charge is -2.58. The summed E-state index contributed by atoms with van der Waals surface area (Å²) in [4.78, 5) is 28.0. The molecule has 0 aromatic carbocycles. The van der Waals surface area contributed by atoms with Gasteiger partial charge in [0.25, 0.3) is 0 Å². The first-order chi connectivity index (χ1) is 34.9. The summed E-state index contributed by atoms with van der Waals surface area (Å²) in [6.07, 6.45) is -21.6. The van der Waals surface area contributed by atoms with Crippen molar-refractivity contribution in [2.24, 2.45) is 46.3 Å². The molecule has 0 radical (unpaired) electrons. The van der Waals surface area contributed by atoms with Crippen LogP contribution < -0.4 is 0 Å². The number of rotatable bonds is 17. The fourth-order valence-electron chi connectivity index (χ4n) is 14.0. The van der Waals surface area contributed by atoms with Crippen LogP contribution in [-0.2, 0) is 47.5 Å². The number of carbonyl (C=O) groups excluding carboxylic acids is 2. The zero-order valence-electron chi connectivity index (χ0n) is 42.8. The lowest BCUT2D eigenvalue weighted by atomic mass is 9.47. The molecule has 13 N–H and O–H groups in total. The number of hydrogen-bond acceptors (Lipinski definition) is 23. The summed E-state index contributed by atoms with van der Waals surface area (Å²) < 4.78 is 47.0. The van der Waals surface area contributed by atoms with E-state index in [4.69, 9.17) is 37.9 Å². The highest BCUT2D eigenvalue weighted by atomic mass is 16.8. The molecule has 0 bridgehead atoms. The Bertz CT molecular complexity index is 1960. The van der Waals surface area contributed by atoms with Gasteiger partial charge < -0.3 is 104 Å². The third-order valence-corrected chi connectivity index (χ3v) is 18.6. The summed E-state index contributed by atoms with van der Waals surface area (Å²) >= 11 is 0. The van der Waals surface area contributed by atoms with E-state index in [1.165, 1.54) is 6.92 Å². The Morgan fingerprint density at radius 3 is 2.09 bits per heavy atom. The molecule has 4 saturated heterocycles. The van der Waals surface area contributed by atoms with Crippen molar-refractivity contribution in [3.8, 4) is 0 Å². The SMILES string of the molecule is CC(CCC(=O)C(C)C1C(=O)CC2C3CC=C4CC(OC5OC(CO)(COC6OC(C)C(O)C(O)C6O)CC(O)C5OC5OC(O)C(O)C(O)C5O)CCC4(C)C3CCC21C)COC1OC(CO)C(O)C(O)C1O. The summed E-state index contributed by atoms with van der Waals surface area (Å²) in [5.41, 5.74) is -1.23. The lowest BCUT2D eigenvalue weighted by Crippen LogP contribution is -2.64. The van der Waals surface area contributed by atoms with Gasteiger partial charge >= 0.3 is 0 Å². The number of aliphatic hydroxyl groups is 13. The second-order valence-electron chi connectivity index (χ2n) is 23.4. The van der Waals surface area contributed by atoms with Gasteiger partial charge in [0.05, 0.1) is 44.7 Å². The maximum atomic E-state index is 14.1. The van der Waals surface area contributed by atoms with Gasteiger partial charge in [-0.05, 0) is 86.4 Å². The largest absolute Gasteiger partial charge is 0.394 e. The molecule has 23 heteroatoms. The van der Waals surface area contributed by atoms with Crippen LogP contribution >= 0.6 is 0 Å². The predicted molar refractivity (Wildman–Crippen MR) is 250 cm³/mol. The maximum absolute atomic E-state index is 14.1. The first-order valence-electron chi connectivity index (χ1n) is 26.5. The number of allylic oxidation sites excluding steroid dienone is 1. The van der Waals surface area contributed by atoms with Gasteiger partial charge in [-0.25, -0.2) is 0 Å². The molecule has 28 atom stereocenters. The van der Waals surface area contributed by atoms with Crippen molar-refractivity contribution in [1.29, 1.82) is 0 Å². The van der Waals surface area contributed by atoms with E-state index in [0.717, 1.165) is 18.4 Å². The van der Waals surface area contributed by atoms with Crippen molar-refractivity contribution >= 4 is 11.6 Å². The van der Waals surface area contributed by atoms with E-state index in [1.54, 1.807) is 0 Å². The summed E-state index contributed by atoms with van der Waals surface area (Å²) in [6, 6.07) is 0. The molecule has 0 aromatic rings. The van der Waals surface area contributed by atoms with Gasteiger partial charge in [0.2, 0.25) is 0 Å². The third-order valence-electron chi connectivity index (χ3n) is 18.6. The minimum absolute atomic E-state index is 0.0160. The van der Waals surface area contributed by atoms with Crippen LogP contribution in [0.5, 0.6) is 0 Å². The number of carbonyl (C=O) groups is 2. The average molecular weight is 1060 g/mol. The molecule has 8 aliphatic rings. The number of ketones is 2. The molecular weight excluding hydrogens is 981 g/mol. The fourth-order valence-corrected chi connectivity index (χ4v) is 14.0. The van der Waals surface area contributed by atoms with Crippen molar-refractivity contribution in [1.82, 2.24) is 0 Å². The van der Waals surface area contributed by atoms with Gasteiger partial charge in [-0.1, -0.05) is 39.3 Å². The predicted octanol–water partition coefficient (Wildman–Crippen LogP) is -2.61. The normalized spacial score (nSPS) is 50.5. The van der Waals surface area contributed by atoms with Crippen molar-refractivity contribution in [2.75, 3.05) is 26.4 Å². The molecular formula is C51H82O23. The number of Topliss-reactive ketones (excluding diaryl/α,β-unsaturated/α-hetero) is 2. The summed E-state index contributed by atoms with van der Waals surface area (Å²) in [5.74, 6) is -0.565. The molecule has 7 fully saturated rings. The fraction of sp³-hybridized carbons (Fsp3) is 0.922. The number of hydrogen-bond donors (Lipinski definition) is 13. The van der Waals surface area contributed by atoms with Crippen LogP contribution in [0.15, 0.2) is 11.6 Å². The third kappa shape index (κ3) is 11.1. The summed E-state index contributed by atoms with van der Waals surface area (Å²) in [7, 11) is 0. The van der Waals surface area contributed by atoms with E-state index in [2.05, 4.69) is 19.9 Å². The first-order valence-corrected chi connectivity index (χ1v) is 26.5. The molecule has 424 valence electrons. The van der Waals surface area contributed by atoms with Crippen molar-refractivity contribution in [2.45, 2.75) is 221 Å². The molecule has 0 spiro atoms. The van der Waals surface area contributed by atoms with Crippen LogP contribution in [0.4, 0.5) is 0 Å². The second kappa shape index (κ2) is 23.1. The Labute approximate surface area is 430 Å². The van der Waals surface area contributed by atoms with Gasteiger partial charge in [-0.15, -0.1) is 0 Å². The summed E-state index contributed by atoms with van der Waals surface area (Å²) in [5, 5.41) is 136. The zero-order valence-corrected chi connectivity index (χ0v) is 42.8. The van der Waals surface area contributed by atoms with Gasteiger partial charge in [0.1, 0.15) is 84.3 Å². The Morgan fingerprint density at radius 2 is 1.41 bits per heavy atom. The van der Waals surface area contributed by atoms with Gasteiger partial charge in [0.15, 0.2) is 31.5 Å². The highest BCUT2D eigenvalue weighted by Gasteiger charge is 2.63. The maximum Gasteiger partial charge on any atom is 0.189 e. The van der Waals surface area contributed by atoms with E-state index >= 15 is 0 Å². The van der Waals surface area contributed by atoms with Crippen molar-refractivity contribution < 1.29 is 114 Å². The van der Waals surface area contributed by atoms with Crippen LogP contribution in [0, 0.1) is 46.3 Å². The first kappa shape index (κ1) is 58.4. The Hall–Kier alpha value is -1.76. The number of aliphatic hydroxyl groups excluding tert-OH is 13. The minimum Gasteiger partial charge on any atom is -0.394 e. The van der Waals surface area contributed by atoms with Crippen molar-refractivity contribution in [3.63, 3.8) is 0 Å². The highest BCUT2D eigenvalue weighted by Crippen LogP contribution is 2.66. The zero-order chi connectivity index (χ0) is 53.9. The minimum atomic E-state index is -1.96. The molecule has 4 heterocycles. The van der Waals surface area contributed by atoms with E-state index < -0.39 is 160 Å². The molecule has 8 rings (SSSR count). The van der Waals surface area contributed by atoms with Gasteiger partial charge in [-0.3, -0.25) is 9.59 Å². The molecule has 74 heavy (non-hydrogen) atoms. The number of ether oxygens (including phenoxy) is 8. The van der Waals surface area contributed by atoms with Crippen LogP contribution in [0.2, 0.25) is 0 Å². The van der Waals surface area contributed by atoms with E-state index in [0.29, 0.717) is 38.5 Å². The Morgan fingerprint density at radius 1 is 0.743 bits per heavy atom. The van der Waals surface area contributed by atoms with Crippen LogP contribution in [-0.4, -0.2) is 227 Å². The van der Waals surface area contributed by atoms with Crippen LogP contribution in [0.3, 0.4) is 0 Å². The van der Waals surface area contributed by atoms with Crippen LogP contribution in [0.1, 0.15) is 98.8 Å². The molecule has 23 nitrogen and oxygen atoms in total. The Kier molecular flexibility index (Phi) is 18.3. The van der Waals surface area contributed by atoms with Gasteiger partial charge in [0, 0.05) is 31.1 Å². The van der Waals surface area contributed by atoms with Crippen molar-refractivity contribution in [3.05, 3.63) is 11.6 Å². The smallest absolute Gasteiger partial charge is 0.189 e. The number of fused-ring (bicyclic) bond motifs is 5. The molecule has 0 amide bonds. The van der Waals surface area contributed by atoms with Crippen LogP contribution in [0.25, 0.3) is 0 Å². The lowest BCUT2D eigenvalue weighted by molar-refractivity contribution is -0.393. The Balaban J connectivity index is 0.920. The molecule has 0 aromatic heterocycles. The quantitative estimate of drug-likeness (QED) is 0.0664. The highest BCUT2D eigenvalue weighted by molar-refractivity contribution is 5.92. The molecule has 28 unspecified atom stereocenters. The molecule has 4 aliphatic carbocycles. The van der Waals surface area contributed by atoms with E-state index in [-0.39, 0.29) is 60.1 Å². The monoisotopic (exact) mass is 1060 g/mol. The topological polar surface area (TPSA) is 371 Å². The molecule has 3 saturated carbocycles.